The van der Waals surface area contributed by atoms with Gasteiger partial charge >= 0.3 is 0 Å². The van der Waals surface area contributed by atoms with Gasteiger partial charge in [-0.1, -0.05) is 34.1 Å². The van der Waals surface area contributed by atoms with E-state index in [0.717, 1.165) is 10.0 Å². The Hall–Kier alpha value is -1.26. The Morgan fingerprint density at radius 3 is 2.60 bits per heavy atom. The minimum atomic E-state index is -0.278. The summed E-state index contributed by atoms with van der Waals surface area (Å²) in [6, 6.07) is 11.3. The highest BCUT2D eigenvalue weighted by atomic mass is 79.9. The average molecular weight is 340 g/mol. The number of likely N-dealkylation sites (N-methyl/N-ethyl adjacent to an activating group) is 1. The first kappa shape index (κ1) is 15.1. The van der Waals surface area contributed by atoms with Crippen molar-refractivity contribution in [2.75, 3.05) is 13.6 Å². The molecule has 2 rings (SSSR count). The third-order valence-electron chi connectivity index (χ3n) is 3.27. The van der Waals surface area contributed by atoms with Crippen LogP contribution in [0.5, 0.6) is 0 Å². The highest BCUT2D eigenvalue weighted by Gasteiger charge is 2.17. The highest BCUT2D eigenvalue weighted by molar-refractivity contribution is 9.10. The maximum absolute atomic E-state index is 13.9. The molecular formula is C16H16BrF2N. The number of rotatable bonds is 5. The third-order valence-corrected chi connectivity index (χ3v) is 4.04. The van der Waals surface area contributed by atoms with Gasteiger partial charge in [-0.05, 0) is 48.9 Å². The van der Waals surface area contributed by atoms with Crippen molar-refractivity contribution < 1.29 is 8.78 Å². The Morgan fingerprint density at radius 1 is 1.15 bits per heavy atom. The monoisotopic (exact) mass is 339 g/mol. The van der Waals surface area contributed by atoms with Crippen molar-refractivity contribution in [1.29, 1.82) is 0 Å². The quantitative estimate of drug-likeness (QED) is 0.857. The summed E-state index contributed by atoms with van der Waals surface area (Å²) in [4.78, 5) is 0. The van der Waals surface area contributed by atoms with Crippen LogP contribution >= 0.6 is 15.9 Å². The van der Waals surface area contributed by atoms with Crippen LogP contribution in [0.25, 0.3) is 0 Å². The smallest absolute Gasteiger partial charge is 0.126 e. The zero-order chi connectivity index (χ0) is 14.5. The lowest BCUT2D eigenvalue weighted by molar-refractivity contribution is 0.554. The second-order valence-electron chi connectivity index (χ2n) is 4.72. The molecule has 20 heavy (non-hydrogen) atoms. The van der Waals surface area contributed by atoms with Gasteiger partial charge in [0.05, 0.1) is 0 Å². The maximum atomic E-state index is 13.9. The van der Waals surface area contributed by atoms with Gasteiger partial charge in [0.2, 0.25) is 0 Å². The van der Waals surface area contributed by atoms with Gasteiger partial charge in [0, 0.05) is 16.9 Å². The van der Waals surface area contributed by atoms with E-state index < -0.39 is 0 Å². The summed E-state index contributed by atoms with van der Waals surface area (Å²) in [7, 11) is 1.83. The Kier molecular flexibility index (Phi) is 5.26. The van der Waals surface area contributed by atoms with Crippen LogP contribution in [0.1, 0.15) is 17.0 Å². The van der Waals surface area contributed by atoms with Crippen LogP contribution in [-0.2, 0) is 6.42 Å². The van der Waals surface area contributed by atoms with Gasteiger partial charge in [0.15, 0.2) is 0 Å². The van der Waals surface area contributed by atoms with Crippen LogP contribution in [0.15, 0.2) is 46.9 Å². The predicted molar refractivity (Wildman–Crippen MR) is 80.9 cm³/mol. The molecule has 1 unspecified atom stereocenters. The molecule has 0 aliphatic carbocycles. The summed E-state index contributed by atoms with van der Waals surface area (Å²) in [5.74, 6) is -0.542. The summed E-state index contributed by atoms with van der Waals surface area (Å²) in [5, 5.41) is 3.07. The molecule has 0 aromatic heterocycles. The molecule has 0 radical (unpaired) electrons. The van der Waals surface area contributed by atoms with Crippen LogP contribution in [0.3, 0.4) is 0 Å². The van der Waals surface area contributed by atoms with E-state index in [9.17, 15) is 8.78 Å². The van der Waals surface area contributed by atoms with Crippen molar-refractivity contribution in [2.24, 2.45) is 0 Å². The number of nitrogens with one attached hydrogen (secondary N) is 1. The molecule has 0 bridgehead atoms. The van der Waals surface area contributed by atoms with Gasteiger partial charge in [-0.2, -0.15) is 0 Å². The molecule has 0 spiro atoms. The summed E-state index contributed by atoms with van der Waals surface area (Å²) in [6.07, 6.45) is 0.570. The normalized spacial score (nSPS) is 12.4. The van der Waals surface area contributed by atoms with E-state index in [1.54, 1.807) is 18.2 Å². The SMILES string of the molecule is CNCC(Cc1cc(F)ccc1Br)c1ccccc1F. The molecule has 4 heteroatoms. The van der Waals surface area contributed by atoms with E-state index in [4.69, 9.17) is 0 Å². The lowest BCUT2D eigenvalue weighted by atomic mass is 9.91. The molecule has 1 atom stereocenters. The van der Waals surface area contributed by atoms with E-state index in [-0.39, 0.29) is 17.6 Å². The van der Waals surface area contributed by atoms with Crippen LogP contribution in [0.2, 0.25) is 0 Å². The van der Waals surface area contributed by atoms with Gasteiger partial charge in [-0.15, -0.1) is 0 Å². The van der Waals surface area contributed by atoms with Crippen molar-refractivity contribution in [1.82, 2.24) is 5.32 Å². The molecule has 0 aliphatic heterocycles. The summed E-state index contributed by atoms with van der Waals surface area (Å²) < 4.78 is 28.1. The molecule has 0 saturated carbocycles. The molecule has 1 N–H and O–H groups in total. The number of benzene rings is 2. The van der Waals surface area contributed by atoms with Crippen molar-refractivity contribution in [3.05, 3.63) is 69.7 Å². The largest absolute Gasteiger partial charge is 0.319 e. The zero-order valence-electron chi connectivity index (χ0n) is 11.2. The van der Waals surface area contributed by atoms with Crippen molar-refractivity contribution >= 4 is 15.9 Å². The summed E-state index contributed by atoms with van der Waals surface area (Å²) >= 11 is 3.42. The van der Waals surface area contributed by atoms with Gasteiger partial charge in [-0.25, -0.2) is 8.78 Å². The van der Waals surface area contributed by atoms with E-state index in [1.165, 1.54) is 18.2 Å². The van der Waals surface area contributed by atoms with Crippen LogP contribution in [0.4, 0.5) is 8.78 Å². The molecular weight excluding hydrogens is 324 g/mol. The van der Waals surface area contributed by atoms with Crippen molar-refractivity contribution in [2.45, 2.75) is 12.3 Å². The fourth-order valence-electron chi connectivity index (χ4n) is 2.31. The average Bonchev–Trinajstić information content (AvgIpc) is 2.43. The van der Waals surface area contributed by atoms with E-state index in [2.05, 4.69) is 21.2 Å². The Labute approximate surface area is 126 Å². The first-order chi connectivity index (χ1) is 9.61. The zero-order valence-corrected chi connectivity index (χ0v) is 12.8. The number of hydrogen-bond acceptors (Lipinski definition) is 1. The molecule has 0 amide bonds. The lowest BCUT2D eigenvalue weighted by Crippen LogP contribution is -2.20. The minimum Gasteiger partial charge on any atom is -0.319 e. The molecule has 0 fully saturated rings. The second-order valence-corrected chi connectivity index (χ2v) is 5.57. The number of halogens is 3. The molecule has 1 nitrogen and oxygen atoms in total. The van der Waals surface area contributed by atoms with Crippen LogP contribution in [-0.4, -0.2) is 13.6 Å². The Balaban J connectivity index is 2.30. The topological polar surface area (TPSA) is 12.0 Å². The van der Waals surface area contributed by atoms with Crippen LogP contribution < -0.4 is 5.32 Å². The summed E-state index contributed by atoms with van der Waals surface area (Å²) in [6.45, 7) is 0.629. The molecule has 2 aromatic carbocycles. The molecule has 106 valence electrons. The van der Waals surface area contributed by atoms with Crippen molar-refractivity contribution in [3.8, 4) is 0 Å². The third kappa shape index (κ3) is 3.64. The first-order valence-electron chi connectivity index (χ1n) is 6.44. The Bertz CT molecular complexity index is 586. The fourth-order valence-corrected chi connectivity index (χ4v) is 2.72. The lowest BCUT2D eigenvalue weighted by Gasteiger charge is -2.18. The van der Waals surface area contributed by atoms with E-state index >= 15 is 0 Å². The predicted octanol–water partition coefficient (Wildman–Crippen LogP) is 4.27. The van der Waals surface area contributed by atoms with E-state index in [1.807, 2.05) is 13.1 Å². The van der Waals surface area contributed by atoms with Crippen LogP contribution in [0, 0.1) is 11.6 Å². The highest BCUT2D eigenvalue weighted by Crippen LogP contribution is 2.27. The molecule has 0 saturated heterocycles. The van der Waals surface area contributed by atoms with Gasteiger partial charge in [0.1, 0.15) is 11.6 Å². The summed E-state index contributed by atoms with van der Waals surface area (Å²) in [5.41, 5.74) is 1.49. The van der Waals surface area contributed by atoms with E-state index in [0.29, 0.717) is 18.5 Å². The first-order valence-corrected chi connectivity index (χ1v) is 7.24. The second kappa shape index (κ2) is 6.95. The Morgan fingerprint density at radius 2 is 1.90 bits per heavy atom. The molecule has 0 aliphatic rings. The molecule has 2 aromatic rings. The van der Waals surface area contributed by atoms with Gasteiger partial charge < -0.3 is 5.32 Å². The maximum Gasteiger partial charge on any atom is 0.126 e. The fraction of sp³-hybridized carbons (Fsp3) is 0.250. The van der Waals surface area contributed by atoms with Crippen molar-refractivity contribution in [3.63, 3.8) is 0 Å². The molecule has 0 heterocycles. The standard InChI is InChI=1S/C16H16BrF2N/c1-20-10-12(14-4-2-3-5-16(14)19)8-11-9-13(18)6-7-15(11)17/h2-7,9,12,20H,8,10H2,1H3. The van der Waals surface area contributed by atoms with Gasteiger partial charge in [0.25, 0.3) is 0 Å². The van der Waals surface area contributed by atoms with Gasteiger partial charge in [-0.3, -0.25) is 0 Å². The number of hydrogen-bond donors (Lipinski definition) is 1. The minimum absolute atomic E-state index is 0.0423.